The molecule has 146 valence electrons. The highest BCUT2D eigenvalue weighted by atomic mass is 16.2. The highest BCUT2D eigenvalue weighted by Gasteiger charge is 2.24. The van der Waals surface area contributed by atoms with Crippen LogP contribution in [0.15, 0.2) is 49.1 Å². The third-order valence-electron chi connectivity index (χ3n) is 5.47. The number of aryl methyl sites for hydroxylation is 2. The zero-order chi connectivity index (χ0) is 19.5. The first-order chi connectivity index (χ1) is 13.6. The van der Waals surface area contributed by atoms with E-state index in [1.54, 1.807) is 6.20 Å². The summed E-state index contributed by atoms with van der Waals surface area (Å²) in [7, 11) is 0. The molecular formula is C22H27N5O. The zero-order valence-corrected chi connectivity index (χ0v) is 16.6. The van der Waals surface area contributed by atoms with Gasteiger partial charge in [0.2, 0.25) is 0 Å². The second kappa shape index (κ2) is 8.00. The first kappa shape index (κ1) is 18.5. The maximum atomic E-state index is 13.0. The van der Waals surface area contributed by atoms with E-state index in [0.717, 1.165) is 61.5 Å². The molecule has 1 unspecified atom stereocenters. The Morgan fingerprint density at radius 1 is 1.21 bits per heavy atom. The molecule has 6 heteroatoms. The van der Waals surface area contributed by atoms with E-state index >= 15 is 0 Å². The van der Waals surface area contributed by atoms with Crippen LogP contribution in [0.5, 0.6) is 0 Å². The molecule has 1 aliphatic rings. The molecule has 0 radical (unpaired) electrons. The van der Waals surface area contributed by atoms with Crippen LogP contribution in [0.1, 0.15) is 40.2 Å². The molecule has 1 aromatic carbocycles. The first-order valence-corrected chi connectivity index (χ1v) is 9.93. The Hall–Kier alpha value is -2.89. The minimum atomic E-state index is 0.132. The smallest absolute Gasteiger partial charge is 0.253 e. The van der Waals surface area contributed by atoms with Gasteiger partial charge in [-0.3, -0.25) is 9.48 Å². The highest BCUT2D eigenvalue weighted by molar-refractivity contribution is 5.94. The monoisotopic (exact) mass is 377 g/mol. The minimum Gasteiger partial charge on any atom is -0.338 e. The Balaban J connectivity index is 1.39. The molecule has 0 bridgehead atoms. The molecular weight excluding hydrogens is 350 g/mol. The van der Waals surface area contributed by atoms with Gasteiger partial charge in [0.1, 0.15) is 0 Å². The standard InChI is InChI=1S/C22H27N5O/c1-17-12-18(2)27(24-17)15-19-5-7-21(8-6-19)22(28)26-10-3-4-20(14-26)13-25-11-9-23-16-25/h5-9,11-12,16,20H,3-4,10,13-15H2,1-2H3. The molecule has 3 aromatic rings. The van der Waals surface area contributed by atoms with Gasteiger partial charge in [-0.2, -0.15) is 5.10 Å². The van der Waals surface area contributed by atoms with Crippen molar-refractivity contribution in [3.8, 4) is 0 Å². The summed E-state index contributed by atoms with van der Waals surface area (Å²) in [5.41, 5.74) is 4.09. The molecule has 6 nitrogen and oxygen atoms in total. The number of piperidine rings is 1. The number of amides is 1. The summed E-state index contributed by atoms with van der Waals surface area (Å²) in [4.78, 5) is 19.1. The Morgan fingerprint density at radius 3 is 2.71 bits per heavy atom. The summed E-state index contributed by atoms with van der Waals surface area (Å²) in [5.74, 6) is 0.616. The second-order valence-electron chi connectivity index (χ2n) is 7.80. The van der Waals surface area contributed by atoms with Crippen LogP contribution in [0, 0.1) is 19.8 Å². The number of hydrogen-bond donors (Lipinski definition) is 0. The highest BCUT2D eigenvalue weighted by Crippen LogP contribution is 2.20. The molecule has 1 saturated heterocycles. The van der Waals surface area contributed by atoms with Gasteiger partial charge in [-0.15, -0.1) is 0 Å². The first-order valence-electron chi connectivity index (χ1n) is 9.93. The van der Waals surface area contributed by atoms with E-state index in [-0.39, 0.29) is 5.91 Å². The van der Waals surface area contributed by atoms with Gasteiger partial charge in [0.05, 0.1) is 18.6 Å². The number of likely N-dealkylation sites (tertiary alicyclic amines) is 1. The summed E-state index contributed by atoms with van der Waals surface area (Å²) in [6, 6.07) is 10.0. The fraction of sp³-hybridized carbons (Fsp3) is 0.409. The maximum absolute atomic E-state index is 13.0. The Kier molecular flexibility index (Phi) is 5.28. The average molecular weight is 377 g/mol. The lowest BCUT2D eigenvalue weighted by atomic mass is 9.97. The Morgan fingerprint density at radius 2 is 2.04 bits per heavy atom. The maximum Gasteiger partial charge on any atom is 0.253 e. The van der Waals surface area contributed by atoms with Gasteiger partial charge in [0.25, 0.3) is 5.91 Å². The number of carbonyl (C=O) groups is 1. The van der Waals surface area contributed by atoms with E-state index in [0.29, 0.717) is 5.92 Å². The number of nitrogens with zero attached hydrogens (tertiary/aromatic N) is 5. The van der Waals surface area contributed by atoms with Crippen LogP contribution in [0.2, 0.25) is 0 Å². The van der Waals surface area contributed by atoms with Gasteiger partial charge in [-0.25, -0.2) is 4.98 Å². The topological polar surface area (TPSA) is 56.0 Å². The molecule has 2 aromatic heterocycles. The number of imidazole rings is 1. The number of carbonyl (C=O) groups excluding carboxylic acids is 1. The SMILES string of the molecule is Cc1cc(C)n(Cc2ccc(C(=O)N3CCCC(Cn4ccnc4)C3)cc2)n1. The molecule has 1 aliphatic heterocycles. The average Bonchev–Trinajstić information content (AvgIpc) is 3.31. The fourth-order valence-electron chi connectivity index (χ4n) is 4.03. The van der Waals surface area contributed by atoms with Crippen molar-refractivity contribution in [1.29, 1.82) is 0 Å². The lowest BCUT2D eigenvalue weighted by Gasteiger charge is -2.33. The van der Waals surface area contributed by atoms with Gasteiger partial charge in [-0.05, 0) is 56.4 Å². The molecule has 1 atom stereocenters. The quantitative estimate of drug-likeness (QED) is 0.686. The van der Waals surface area contributed by atoms with Crippen molar-refractivity contribution in [3.05, 3.63) is 71.6 Å². The predicted octanol–water partition coefficient (Wildman–Crippen LogP) is 3.30. The minimum absolute atomic E-state index is 0.132. The zero-order valence-electron chi connectivity index (χ0n) is 16.6. The number of aromatic nitrogens is 4. The second-order valence-corrected chi connectivity index (χ2v) is 7.80. The third-order valence-corrected chi connectivity index (χ3v) is 5.47. The lowest BCUT2D eigenvalue weighted by molar-refractivity contribution is 0.0662. The lowest BCUT2D eigenvalue weighted by Crippen LogP contribution is -2.41. The van der Waals surface area contributed by atoms with Crippen LogP contribution in [0.3, 0.4) is 0 Å². The normalized spacial score (nSPS) is 17.1. The summed E-state index contributed by atoms with van der Waals surface area (Å²) >= 11 is 0. The van der Waals surface area contributed by atoms with Crippen molar-refractivity contribution in [2.24, 2.45) is 5.92 Å². The van der Waals surface area contributed by atoms with Crippen LogP contribution in [-0.2, 0) is 13.1 Å². The van der Waals surface area contributed by atoms with E-state index in [1.807, 2.05) is 53.3 Å². The third kappa shape index (κ3) is 4.16. The fourth-order valence-corrected chi connectivity index (χ4v) is 4.03. The van der Waals surface area contributed by atoms with E-state index in [1.165, 1.54) is 0 Å². The molecule has 1 fully saturated rings. The van der Waals surface area contributed by atoms with Crippen molar-refractivity contribution >= 4 is 5.91 Å². The van der Waals surface area contributed by atoms with E-state index in [2.05, 4.69) is 27.6 Å². The van der Waals surface area contributed by atoms with E-state index in [9.17, 15) is 4.79 Å². The van der Waals surface area contributed by atoms with Gasteiger partial charge < -0.3 is 9.47 Å². The largest absolute Gasteiger partial charge is 0.338 e. The number of hydrogen-bond acceptors (Lipinski definition) is 3. The van der Waals surface area contributed by atoms with Gasteiger partial charge >= 0.3 is 0 Å². The molecule has 0 spiro atoms. The molecule has 1 amide bonds. The van der Waals surface area contributed by atoms with Gasteiger partial charge in [-0.1, -0.05) is 12.1 Å². The van der Waals surface area contributed by atoms with Crippen LogP contribution < -0.4 is 0 Å². The number of benzene rings is 1. The van der Waals surface area contributed by atoms with E-state index in [4.69, 9.17) is 0 Å². The van der Waals surface area contributed by atoms with Gasteiger partial charge in [0, 0.05) is 43.3 Å². The van der Waals surface area contributed by atoms with Crippen molar-refractivity contribution in [3.63, 3.8) is 0 Å². The molecule has 0 saturated carbocycles. The summed E-state index contributed by atoms with van der Waals surface area (Å²) in [6.45, 7) is 7.37. The molecule has 3 heterocycles. The predicted molar refractivity (Wildman–Crippen MR) is 108 cm³/mol. The Labute approximate surface area is 165 Å². The molecule has 4 rings (SSSR count). The van der Waals surface area contributed by atoms with Crippen molar-refractivity contribution in [2.75, 3.05) is 13.1 Å². The molecule has 28 heavy (non-hydrogen) atoms. The van der Waals surface area contributed by atoms with Crippen LogP contribution in [-0.4, -0.2) is 43.2 Å². The van der Waals surface area contributed by atoms with Crippen molar-refractivity contribution < 1.29 is 4.79 Å². The van der Waals surface area contributed by atoms with Crippen LogP contribution in [0.4, 0.5) is 0 Å². The van der Waals surface area contributed by atoms with Crippen molar-refractivity contribution in [1.82, 2.24) is 24.2 Å². The summed E-state index contributed by atoms with van der Waals surface area (Å²) in [6.07, 6.45) is 7.86. The Bertz CT molecular complexity index is 927. The molecule has 0 aliphatic carbocycles. The number of rotatable bonds is 5. The van der Waals surface area contributed by atoms with Gasteiger partial charge in [0.15, 0.2) is 0 Å². The molecule has 0 N–H and O–H groups in total. The summed E-state index contributed by atoms with van der Waals surface area (Å²) in [5, 5.41) is 4.51. The van der Waals surface area contributed by atoms with E-state index < -0.39 is 0 Å². The van der Waals surface area contributed by atoms with Crippen molar-refractivity contribution in [2.45, 2.75) is 39.8 Å². The van der Waals surface area contributed by atoms with Crippen LogP contribution in [0.25, 0.3) is 0 Å². The van der Waals surface area contributed by atoms with Crippen LogP contribution >= 0.6 is 0 Å². The summed E-state index contributed by atoms with van der Waals surface area (Å²) < 4.78 is 4.10.